The number of allylic oxidation sites excluding steroid dienone is 8. The minimum atomic E-state index is 0.392. The van der Waals surface area contributed by atoms with E-state index in [9.17, 15) is 0 Å². The summed E-state index contributed by atoms with van der Waals surface area (Å²) >= 11 is 0. The molecule has 0 bridgehead atoms. The Hall–Kier alpha value is -6.39. The molecule has 230 valence electrons. The number of benzene rings is 6. The van der Waals surface area contributed by atoms with Crippen LogP contribution in [0.15, 0.2) is 168 Å². The molecule has 0 fully saturated rings. The molecule has 2 aromatic heterocycles. The van der Waals surface area contributed by atoms with Gasteiger partial charge in [0.2, 0.25) is 0 Å². The molecule has 4 nitrogen and oxygen atoms in total. The summed E-state index contributed by atoms with van der Waals surface area (Å²) in [6.45, 7) is 0. The van der Waals surface area contributed by atoms with Crippen LogP contribution < -0.4 is 0 Å². The number of hydrogen-bond donors (Lipinski definition) is 0. The summed E-state index contributed by atoms with van der Waals surface area (Å²) in [6, 6.07) is 42.3. The highest BCUT2D eigenvalue weighted by Crippen LogP contribution is 2.41. The second kappa shape index (κ2) is 11.1. The largest absolute Gasteiger partial charge is 0.456 e. The van der Waals surface area contributed by atoms with Gasteiger partial charge in [0, 0.05) is 33.4 Å². The Bertz CT molecular complexity index is 2760. The van der Waals surface area contributed by atoms with E-state index in [0.29, 0.717) is 23.4 Å². The van der Waals surface area contributed by atoms with Crippen LogP contribution in [0.1, 0.15) is 12.2 Å². The van der Waals surface area contributed by atoms with Crippen molar-refractivity contribution in [3.8, 4) is 33.9 Å². The van der Waals surface area contributed by atoms with Crippen LogP contribution in [0.5, 0.6) is 0 Å². The minimum Gasteiger partial charge on any atom is -0.456 e. The average Bonchev–Trinajstić information content (AvgIpc) is 3.56. The van der Waals surface area contributed by atoms with Crippen molar-refractivity contribution >= 4 is 49.1 Å². The third-order valence-electron chi connectivity index (χ3n) is 9.84. The minimum absolute atomic E-state index is 0.392. The first kappa shape index (κ1) is 27.7. The standard InChI is InChI=1S/C45H29N3O/c1-3-12-30-26-32(24-22-28(30)10-1)43-46-44(33-25-23-29-11-2-4-13-31(29)27-33)48-45(47-43)38-19-8-15-34-35(16-7-17-36(34)38)37-18-9-21-41-42(37)39-14-5-6-20-40(39)49-41/h1-22,24-27,29H,23H2. The van der Waals surface area contributed by atoms with Gasteiger partial charge in [-0.25, -0.2) is 15.0 Å². The maximum atomic E-state index is 6.26. The van der Waals surface area contributed by atoms with Gasteiger partial charge >= 0.3 is 0 Å². The quantitative estimate of drug-likeness (QED) is 0.195. The van der Waals surface area contributed by atoms with Crippen LogP contribution in [-0.4, -0.2) is 15.0 Å². The van der Waals surface area contributed by atoms with Gasteiger partial charge in [0.25, 0.3) is 0 Å². The molecular weight excluding hydrogens is 599 g/mol. The summed E-state index contributed by atoms with van der Waals surface area (Å²) in [5.41, 5.74) is 8.30. The molecule has 2 aliphatic rings. The summed E-state index contributed by atoms with van der Waals surface area (Å²) in [5, 5.41) is 6.80. The Morgan fingerprint density at radius 2 is 1.27 bits per heavy atom. The van der Waals surface area contributed by atoms with E-state index in [2.05, 4.69) is 140 Å². The van der Waals surface area contributed by atoms with Crippen LogP contribution in [-0.2, 0) is 0 Å². The fourth-order valence-electron chi connectivity index (χ4n) is 7.44. The first-order valence-electron chi connectivity index (χ1n) is 16.7. The van der Waals surface area contributed by atoms with Crippen LogP contribution in [0.25, 0.3) is 83.0 Å². The molecule has 2 heterocycles. The molecule has 0 saturated heterocycles. The number of furan rings is 1. The first-order valence-corrected chi connectivity index (χ1v) is 16.7. The van der Waals surface area contributed by atoms with E-state index in [0.717, 1.165) is 72.3 Å². The topological polar surface area (TPSA) is 51.8 Å². The molecule has 0 N–H and O–H groups in total. The maximum absolute atomic E-state index is 6.26. The molecule has 1 atom stereocenters. The van der Waals surface area contributed by atoms with Crippen LogP contribution >= 0.6 is 0 Å². The van der Waals surface area contributed by atoms with Crippen LogP contribution in [0.2, 0.25) is 0 Å². The van der Waals surface area contributed by atoms with Gasteiger partial charge in [-0.2, -0.15) is 0 Å². The van der Waals surface area contributed by atoms with Crippen molar-refractivity contribution in [2.24, 2.45) is 5.92 Å². The zero-order chi connectivity index (χ0) is 32.3. The van der Waals surface area contributed by atoms with E-state index < -0.39 is 0 Å². The summed E-state index contributed by atoms with van der Waals surface area (Å²) < 4.78 is 6.26. The SMILES string of the molecule is C1=CC2=CC(c3nc(-c4ccc5ccccc5c4)nc(-c4cccc5c(-c6cccc7oc8ccccc8c67)cccc45)n3)=CCC2C=C1. The number of aromatic nitrogens is 3. The molecule has 2 aliphatic carbocycles. The molecule has 0 spiro atoms. The highest BCUT2D eigenvalue weighted by Gasteiger charge is 2.21. The van der Waals surface area contributed by atoms with Crippen molar-refractivity contribution in [2.75, 3.05) is 0 Å². The molecule has 6 aromatic carbocycles. The third-order valence-corrected chi connectivity index (χ3v) is 9.84. The van der Waals surface area contributed by atoms with Gasteiger partial charge in [-0.3, -0.25) is 0 Å². The molecular formula is C45H29N3O. The highest BCUT2D eigenvalue weighted by atomic mass is 16.3. The molecule has 49 heavy (non-hydrogen) atoms. The van der Waals surface area contributed by atoms with Gasteiger partial charge in [-0.15, -0.1) is 0 Å². The Morgan fingerprint density at radius 1 is 0.551 bits per heavy atom. The summed E-state index contributed by atoms with van der Waals surface area (Å²) in [4.78, 5) is 15.5. The normalized spacial score (nSPS) is 15.6. The lowest BCUT2D eigenvalue weighted by Gasteiger charge is -2.21. The molecule has 1 unspecified atom stereocenters. The number of hydrogen-bond acceptors (Lipinski definition) is 4. The second-order valence-corrected chi connectivity index (χ2v) is 12.7. The first-order chi connectivity index (χ1) is 24.3. The number of para-hydroxylation sites is 1. The lowest BCUT2D eigenvalue weighted by molar-refractivity contribution is 0.669. The fourth-order valence-corrected chi connectivity index (χ4v) is 7.44. The fraction of sp³-hybridized carbons (Fsp3) is 0.0444. The average molecular weight is 628 g/mol. The van der Waals surface area contributed by atoms with Crippen molar-refractivity contribution < 1.29 is 4.42 Å². The van der Waals surface area contributed by atoms with Crippen molar-refractivity contribution in [3.05, 3.63) is 169 Å². The van der Waals surface area contributed by atoms with Gasteiger partial charge in [0.05, 0.1) is 0 Å². The maximum Gasteiger partial charge on any atom is 0.164 e. The molecule has 0 saturated carbocycles. The summed E-state index contributed by atoms with van der Waals surface area (Å²) in [7, 11) is 0. The van der Waals surface area contributed by atoms with Crippen molar-refractivity contribution in [1.29, 1.82) is 0 Å². The molecule has 0 amide bonds. The lowest BCUT2D eigenvalue weighted by atomic mass is 9.85. The van der Waals surface area contributed by atoms with Crippen molar-refractivity contribution in [3.63, 3.8) is 0 Å². The van der Waals surface area contributed by atoms with E-state index >= 15 is 0 Å². The highest BCUT2D eigenvalue weighted by molar-refractivity contribution is 6.16. The van der Waals surface area contributed by atoms with Crippen molar-refractivity contribution in [1.82, 2.24) is 15.0 Å². The lowest BCUT2D eigenvalue weighted by Crippen LogP contribution is -2.08. The number of rotatable bonds is 4. The molecule has 10 rings (SSSR count). The van der Waals surface area contributed by atoms with Gasteiger partial charge in [-0.1, -0.05) is 134 Å². The van der Waals surface area contributed by atoms with Crippen LogP contribution in [0.3, 0.4) is 0 Å². The van der Waals surface area contributed by atoms with Gasteiger partial charge < -0.3 is 4.42 Å². The Morgan fingerprint density at radius 3 is 2.20 bits per heavy atom. The number of nitrogens with zero attached hydrogens (tertiary/aromatic N) is 3. The summed E-state index contributed by atoms with van der Waals surface area (Å²) in [6.07, 6.45) is 14.1. The smallest absolute Gasteiger partial charge is 0.164 e. The van der Waals surface area contributed by atoms with Crippen molar-refractivity contribution in [2.45, 2.75) is 6.42 Å². The zero-order valence-corrected chi connectivity index (χ0v) is 26.5. The third kappa shape index (κ3) is 4.64. The predicted molar refractivity (Wildman–Crippen MR) is 201 cm³/mol. The van der Waals surface area contributed by atoms with E-state index in [-0.39, 0.29) is 0 Å². The van der Waals surface area contributed by atoms with E-state index in [1.165, 1.54) is 11.0 Å². The van der Waals surface area contributed by atoms with E-state index in [4.69, 9.17) is 19.4 Å². The molecule has 0 radical (unpaired) electrons. The van der Waals surface area contributed by atoms with Gasteiger partial charge in [0.15, 0.2) is 17.5 Å². The van der Waals surface area contributed by atoms with Crippen LogP contribution in [0, 0.1) is 5.92 Å². The van der Waals surface area contributed by atoms with Crippen LogP contribution in [0.4, 0.5) is 0 Å². The Balaban J connectivity index is 1.18. The predicted octanol–water partition coefficient (Wildman–Crippen LogP) is 11.5. The second-order valence-electron chi connectivity index (χ2n) is 12.7. The van der Waals surface area contributed by atoms with E-state index in [1.807, 2.05) is 18.2 Å². The molecule has 8 aromatic rings. The summed E-state index contributed by atoms with van der Waals surface area (Å²) in [5.74, 6) is 2.39. The van der Waals surface area contributed by atoms with Gasteiger partial charge in [-0.05, 0) is 68.9 Å². The Labute approximate surface area is 283 Å². The molecule has 4 heteroatoms. The monoisotopic (exact) mass is 627 g/mol. The van der Waals surface area contributed by atoms with Gasteiger partial charge in [0.1, 0.15) is 11.2 Å². The number of fused-ring (bicyclic) bond motifs is 6. The Kier molecular flexibility index (Phi) is 6.28. The molecule has 0 aliphatic heterocycles. The van der Waals surface area contributed by atoms with E-state index in [1.54, 1.807) is 0 Å². The zero-order valence-electron chi connectivity index (χ0n) is 26.5.